The van der Waals surface area contributed by atoms with Gasteiger partial charge in [0.05, 0.1) is 18.0 Å². The molecule has 5 heteroatoms. The molecule has 0 aliphatic rings. The van der Waals surface area contributed by atoms with E-state index in [0.29, 0.717) is 11.6 Å². The summed E-state index contributed by atoms with van der Waals surface area (Å²) in [7, 11) is 0. The van der Waals surface area contributed by atoms with E-state index < -0.39 is 0 Å². The Bertz CT molecular complexity index is 1030. The fourth-order valence-corrected chi connectivity index (χ4v) is 3.00. The number of rotatable bonds is 4. The molecule has 0 saturated heterocycles. The molecular weight excluding hydrogens is 378 g/mol. The molecule has 0 bridgehead atoms. The minimum atomic E-state index is 0.677. The van der Waals surface area contributed by atoms with E-state index in [-0.39, 0.29) is 0 Å². The number of hydrogen-bond donors (Lipinski definition) is 1. The third kappa shape index (κ3) is 3.46. The summed E-state index contributed by atoms with van der Waals surface area (Å²) in [4.78, 5) is 4.65. The second kappa shape index (κ2) is 6.91. The normalized spacial score (nSPS) is 11.2. The number of nitrogens with zero attached hydrogens (tertiary/aromatic N) is 2. The fourth-order valence-electron chi connectivity index (χ4n) is 2.64. The Kier molecular flexibility index (Phi) is 4.31. The van der Waals surface area contributed by atoms with Crippen LogP contribution in [0.5, 0.6) is 0 Å². The van der Waals surface area contributed by atoms with Gasteiger partial charge >= 0.3 is 0 Å². The third-order valence-corrected chi connectivity index (χ3v) is 4.26. The second-order valence-corrected chi connectivity index (χ2v) is 6.38. The van der Waals surface area contributed by atoms with Crippen molar-refractivity contribution in [3.8, 4) is 11.1 Å². The van der Waals surface area contributed by atoms with Gasteiger partial charge in [-0.15, -0.1) is 0 Å². The molecule has 0 atom stereocenters. The molecule has 2 aromatic heterocycles. The summed E-state index contributed by atoms with van der Waals surface area (Å²) in [5.74, 6) is 1.36. The molecule has 0 saturated carbocycles. The van der Waals surface area contributed by atoms with Crippen LogP contribution in [0.2, 0.25) is 0 Å². The molecule has 4 nitrogen and oxygen atoms in total. The molecule has 4 rings (SSSR count). The molecule has 0 aliphatic carbocycles. The number of pyridine rings is 1. The summed E-state index contributed by atoms with van der Waals surface area (Å²) in [6, 6.07) is 22.0. The Balaban J connectivity index is 1.77. The van der Waals surface area contributed by atoms with E-state index in [9.17, 15) is 0 Å². The van der Waals surface area contributed by atoms with E-state index in [1.807, 2.05) is 48.5 Å². The molecule has 0 spiro atoms. The number of hydrogen-bond acceptors (Lipinski definition) is 4. The molecule has 2 heterocycles. The van der Waals surface area contributed by atoms with E-state index in [4.69, 9.17) is 4.42 Å². The average Bonchev–Trinajstić information content (AvgIpc) is 3.15. The van der Waals surface area contributed by atoms with Crippen molar-refractivity contribution >= 4 is 38.9 Å². The summed E-state index contributed by atoms with van der Waals surface area (Å²) in [6.07, 6.45) is 3.23. The maximum absolute atomic E-state index is 5.23. The first-order valence-corrected chi connectivity index (χ1v) is 8.57. The van der Waals surface area contributed by atoms with Crippen LogP contribution >= 0.6 is 15.9 Å². The molecule has 0 aliphatic heterocycles. The van der Waals surface area contributed by atoms with E-state index in [2.05, 4.69) is 49.6 Å². The number of anilines is 1. The second-order valence-electron chi connectivity index (χ2n) is 5.47. The van der Waals surface area contributed by atoms with Gasteiger partial charge in [0.25, 0.3) is 0 Å². The Hall–Kier alpha value is -2.92. The van der Waals surface area contributed by atoms with E-state index in [0.717, 1.165) is 26.5 Å². The molecule has 2 aromatic carbocycles. The number of hydrazone groups is 1. The number of halogens is 1. The Morgan fingerprint density at radius 3 is 2.68 bits per heavy atom. The minimum absolute atomic E-state index is 0.677. The van der Waals surface area contributed by atoms with Crippen LogP contribution in [0, 0.1) is 0 Å². The van der Waals surface area contributed by atoms with Crippen molar-refractivity contribution < 1.29 is 4.42 Å². The van der Waals surface area contributed by atoms with E-state index >= 15 is 0 Å². The van der Waals surface area contributed by atoms with Crippen molar-refractivity contribution in [3.63, 3.8) is 0 Å². The largest absolute Gasteiger partial charge is 0.463 e. The van der Waals surface area contributed by atoms with Crippen molar-refractivity contribution in [1.29, 1.82) is 0 Å². The number of furan rings is 1. The Labute approximate surface area is 153 Å². The third-order valence-electron chi connectivity index (χ3n) is 3.77. The van der Waals surface area contributed by atoms with Crippen LogP contribution in [0.3, 0.4) is 0 Å². The quantitative estimate of drug-likeness (QED) is 0.358. The number of benzene rings is 2. The minimum Gasteiger partial charge on any atom is -0.463 e. The van der Waals surface area contributed by atoms with Crippen molar-refractivity contribution in [1.82, 2.24) is 4.98 Å². The number of fused-ring (bicyclic) bond motifs is 1. The zero-order valence-electron chi connectivity index (χ0n) is 13.2. The Morgan fingerprint density at radius 1 is 1.00 bits per heavy atom. The van der Waals surface area contributed by atoms with Crippen LogP contribution < -0.4 is 5.43 Å². The molecule has 25 heavy (non-hydrogen) atoms. The highest BCUT2D eigenvalue weighted by atomic mass is 79.9. The van der Waals surface area contributed by atoms with Gasteiger partial charge in [0, 0.05) is 9.86 Å². The summed E-state index contributed by atoms with van der Waals surface area (Å²) in [5, 5.41) is 5.29. The van der Waals surface area contributed by atoms with E-state index in [1.165, 1.54) is 0 Å². The van der Waals surface area contributed by atoms with Crippen LogP contribution in [-0.2, 0) is 0 Å². The topological polar surface area (TPSA) is 50.4 Å². The number of nitrogens with one attached hydrogen (secondary N) is 1. The molecule has 4 aromatic rings. The lowest BCUT2D eigenvalue weighted by Crippen LogP contribution is -1.95. The van der Waals surface area contributed by atoms with Gasteiger partial charge in [0.1, 0.15) is 11.6 Å². The van der Waals surface area contributed by atoms with Crippen molar-refractivity contribution in [2.24, 2.45) is 5.10 Å². The Morgan fingerprint density at radius 2 is 1.88 bits per heavy atom. The van der Waals surface area contributed by atoms with Crippen molar-refractivity contribution in [3.05, 3.63) is 83.2 Å². The highest BCUT2D eigenvalue weighted by Gasteiger charge is 2.08. The van der Waals surface area contributed by atoms with Crippen LogP contribution in [0.1, 0.15) is 5.76 Å². The number of aromatic nitrogens is 1. The lowest BCUT2D eigenvalue weighted by molar-refractivity contribution is 0.560. The van der Waals surface area contributed by atoms with Crippen LogP contribution in [0.15, 0.2) is 87.0 Å². The van der Waals surface area contributed by atoms with Gasteiger partial charge < -0.3 is 4.42 Å². The van der Waals surface area contributed by atoms with Gasteiger partial charge in [-0.05, 0) is 47.5 Å². The van der Waals surface area contributed by atoms with Crippen molar-refractivity contribution in [2.75, 3.05) is 5.43 Å². The predicted molar refractivity (Wildman–Crippen MR) is 105 cm³/mol. The highest BCUT2D eigenvalue weighted by molar-refractivity contribution is 9.10. The summed E-state index contributed by atoms with van der Waals surface area (Å²) in [5.41, 5.74) is 6.12. The van der Waals surface area contributed by atoms with Gasteiger partial charge in [0.15, 0.2) is 0 Å². The van der Waals surface area contributed by atoms with Gasteiger partial charge in [-0.3, -0.25) is 5.43 Å². The van der Waals surface area contributed by atoms with Gasteiger partial charge in [-0.1, -0.05) is 46.3 Å². The molecule has 0 unspecified atom stereocenters. The molecular formula is C20H14BrN3O. The lowest BCUT2D eigenvalue weighted by atomic mass is 10.0. The first-order valence-electron chi connectivity index (χ1n) is 7.78. The maximum Gasteiger partial charge on any atom is 0.147 e. The summed E-state index contributed by atoms with van der Waals surface area (Å²) in [6.45, 7) is 0. The monoisotopic (exact) mass is 391 g/mol. The molecule has 0 amide bonds. The summed E-state index contributed by atoms with van der Waals surface area (Å²) < 4.78 is 6.26. The standard InChI is InChI=1S/C20H14BrN3O/c21-15-8-9-19-18(11-15)17(14-5-2-1-3-6-14)12-20(23-19)24-22-13-16-7-4-10-25-16/h1-13H,(H,23,24). The lowest BCUT2D eigenvalue weighted by Gasteiger charge is -2.10. The first kappa shape index (κ1) is 15.6. The molecule has 0 radical (unpaired) electrons. The molecule has 122 valence electrons. The predicted octanol–water partition coefficient (Wildman–Crippen LogP) is 5.70. The maximum atomic E-state index is 5.23. The van der Waals surface area contributed by atoms with Gasteiger partial charge in [-0.2, -0.15) is 5.10 Å². The van der Waals surface area contributed by atoms with Crippen LogP contribution in [-0.4, -0.2) is 11.2 Å². The average molecular weight is 392 g/mol. The van der Waals surface area contributed by atoms with E-state index in [1.54, 1.807) is 12.5 Å². The van der Waals surface area contributed by atoms with Crippen LogP contribution in [0.4, 0.5) is 5.82 Å². The zero-order chi connectivity index (χ0) is 17.1. The first-order chi connectivity index (χ1) is 12.3. The fraction of sp³-hybridized carbons (Fsp3) is 0. The highest BCUT2D eigenvalue weighted by Crippen LogP contribution is 2.31. The molecule has 1 N–H and O–H groups in total. The van der Waals surface area contributed by atoms with Crippen molar-refractivity contribution in [2.45, 2.75) is 0 Å². The summed E-state index contributed by atoms with van der Waals surface area (Å²) >= 11 is 3.54. The smallest absolute Gasteiger partial charge is 0.147 e. The van der Waals surface area contributed by atoms with Gasteiger partial charge in [0.2, 0.25) is 0 Å². The van der Waals surface area contributed by atoms with Crippen LogP contribution in [0.25, 0.3) is 22.0 Å². The SMILES string of the molecule is Brc1ccc2nc(NN=Cc3ccco3)cc(-c3ccccc3)c2c1. The van der Waals surface area contributed by atoms with Gasteiger partial charge in [-0.25, -0.2) is 4.98 Å². The zero-order valence-corrected chi connectivity index (χ0v) is 14.8. The molecule has 0 fully saturated rings.